The summed E-state index contributed by atoms with van der Waals surface area (Å²) >= 11 is 0. The second-order valence-corrected chi connectivity index (χ2v) is 2.97. The number of hydrogen-bond donors (Lipinski definition) is 0. The molecule has 0 unspecified atom stereocenters. The summed E-state index contributed by atoms with van der Waals surface area (Å²) in [6.45, 7) is 6.14. The summed E-state index contributed by atoms with van der Waals surface area (Å²) in [6, 6.07) is 0. The second kappa shape index (κ2) is 11.1. The Bertz CT molecular complexity index is 175. The lowest BCUT2D eigenvalue weighted by atomic mass is 10.1. The fraction of sp³-hybridized carbons (Fsp3) is 0.545. The van der Waals surface area contributed by atoms with Crippen LogP contribution in [0.2, 0.25) is 0 Å². The molecule has 0 saturated carbocycles. The van der Waals surface area contributed by atoms with E-state index in [4.69, 9.17) is 0 Å². The summed E-state index contributed by atoms with van der Waals surface area (Å²) in [5.41, 5.74) is 2.49. The summed E-state index contributed by atoms with van der Waals surface area (Å²) < 4.78 is 0. The molecule has 0 heterocycles. The van der Waals surface area contributed by atoms with Crippen molar-refractivity contribution in [3.05, 3.63) is 23.3 Å². The third-order valence-electron chi connectivity index (χ3n) is 1.44. The Morgan fingerprint density at radius 3 is 2.15 bits per heavy atom. The summed E-state index contributed by atoms with van der Waals surface area (Å²) in [4.78, 5) is 10.0. The molecule has 2 N–H and O–H groups in total. The number of carbonyl (C=O) groups is 1. The third-order valence-corrected chi connectivity index (χ3v) is 1.44. The van der Waals surface area contributed by atoms with E-state index in [1.165, 1.54) is 5.57 Å². The summed E-state index contributed by atoms with van der Waals surface area (Å²) in [7, 11) is 0. The van der Waals surface area contributed by atoms with Crippen molar-refractivity contribution in [2.24, 2.45) is 0 Å². The van der Waals surface area contributed by atoms with Gasteiger partial charge >= 0.3 is 0 Å². The number of allylic oxidation sites excluding steroid dienone is 4. The van der Waals surface area contributed by atoms with Crippen molar-refractivity contribution in [3.8, 4) is 0 Å². The zero-order valence-corrected chi connectivity index (χ0v) is 8.05. The predicted octanol–water partition coefficient (Wildman–Crippen LogP) is 2.69. The molecule has 0 aromatic rings. The van der Waals surface area contributed by atoms with E-state index >= 15 is 0 Å². The van der Waals surface area contributed by atoms with Crippen molar-refractivity contribution in [2.45, 2.75) is 41.0 Å². The zero-order chi connectivity index (χ0) is 8.69. The van der Waals surface area contributed by atoms with Crippen LogP contribution in [-0.4, -0.2) is 11.8 Å². The molecular weight excluding hydrogens is 164 g/mol. The molecule has 0 aliphatic heterocycles. The molecule has 0 saturated heterocycles. The van der Waals surface area contributed by atoms with Gasteiger partial charge in [-0.2, -0.15) is 0 Å². The highest BCUT2D eigenvalue weighted by Gasteiger charge is 1.86. The molecular formula is C11H22O2. The highest BCUT2D eigenvalue weighted by Crippen LogP contribution is 2.05. The van der Waals surface area contributed by atoms with Gasteiger partial charge in [0.25, 0.3) is 0 Å². The van der Waals surface area contributed by atoms with Gasteiger partial charge in [-0.15, -0.1) is 0 Å². The van der Waals surface area contributed by atoms with Gasteiger partial charge in [-0.05, 0) is 39.7 Å². The Morgan fingerprint density at radius 1 is 1.23 bits per heavy atom. The number of rotatable bonds is 4. The van der Waals surface area contributed by atoms with Crippen LogP contribution in [0.4, 0.5) is 0 Å². The van der Waals surface area contributed by atoms with Crippen molar-refractivity contribution >= 4 is 6.29 Å². The molecule has 0 atom stereocenters. The Balaban J connectivity index is -0.000000500. The standard InChI is InChI=1S/C10H16O.CH4.H2O/c1-9(2)5-4-6-10(3)7-8-11;;/h5,7-8H,4,6H2,1-3H3;1H4;1H2. The van der Waals surface area contributed by atoms with E-state index < -0.39 is 0 Å². The first-order chi connectivity index (χ1) is 5.16. The zero-order valence-electron chi connectivity index (χ0n) is 8.05. The molecule has 2 heteroatoms. The van der Waals surface area contributed by atoms with E-state index in [2.05, 4.69) is 19.9 Å². The highest BCUT2D eigenvalue weighted by molar-refractivity contribution is 5.65. The van der Waals surface area contributed by atoms with Crippen LogP contribution in [0.3, 0.4) is 0 Å². The van der Waals surface area contributed by atoms with Crippen molar-refractivity contribution in [3.63, 3.8) is 0 Å². The molecule has 0 bridgehead atoms. The first kappa shape index (κ1) is 18.0. The third kappa shape index (κ3) is 14.0. The Morgan fingerprint density at radius 2 is 1.77 bits per heavy atom. The van der Waals surface area contributed by atoms with Crippen LogP contribution in [-0.2, 0) is 4.79 Å². The van der Waals surface area contributed by atoms with Crippen molar-refractivity contribution in [1.82, 2.24) is 0 Å². The molecule has 0 rings (SSSR count). The van der Waals surface area contributed by atoms with E-state index in [0.717, 1.165) is 24.7 Å². The van der Waals surface area contributed by atoms with Gasteiger partial charge in [-0.3, -0.25) is 4.79 Å². The van der Waals surface area contributed by atoms with Gasteiger partial charge in [0.15, 0.2) is 0 Å². The Hall–Kier alpha value is -0.890. The van der Waals surface area contributed by atoms with Crippen LogP contribution in [0.25, 0.3) is 0 Å². The minimum Gasteiger partial charge on any atom is -0.412 e. The van der Waals surface area contributed by atoms with E-state index in [-0.39, 0.29) is 12.9 Å². The van der Waals surface area contributed by atoms with Crippen molar-refractivity contribution < 1.29 is 10.3 Å². The molecule has 0 aromatic carbocycles. The average molecular weight is 186 g/mol. The molecule has 78 valence electrons. The van der Waals surface area contributed by atoms with E-state index in [1.54, 1.807) is 6.08 Å². The molecule has 0 aliphatic carbocycles. The molecule has 0 amide bonds. The molecule has 0 spiro atoms. The van der Waals surface area contributed by atoms with E-state index in [9.17, 15) is 4.79 Å². The highest BCUT2D eigenvalue weighted by atomic mass is 16.1. The molecule has 2 nitrogen and oxygen atoms in total. The predicted molar refractivity (Wildman–Crippen MR) is 58.8 cm³/mol. The van der Waals surface area contributed by atoms with Gasteiger partial charge in [-0.25, -0.2) is 0 Å². The maximum Gasteiger partial charge on any atom is 0.142 e. The van der Waals surface area contributed by atoms with E-state index in [1.807, 2.05) is 6.92 Å². The monoisotopic (exact) mass is 186 g/mol. The second-order valence-electron chi connectivity index (χ2n) is 2.97. The number of aldehydes is 1. The summed E-state index contributed by atoms with van der Waals surface area (Å²) in [5.74, 6) is 0. The van der Waals surface area contributed by atoms with Crippen LogP contribution in [0.1, 0.15) is 41.0 Å². The van der Waals surface area contributed by atoms with Crippen LogP contribution in [0.15, 0.2) is 23.3 Å². The minimum absolute atomic E-state index is 0. The van der Waals surface area contributed by atoms with Gasteiger partial charge in [0.2, 0.25) is 0 Å². The van der Waals surface area contributed by atoms with Crippen LogP contribution >= 0.6 is 0 Å². The first-order valence-corrected chi connectivity index (χ1v) is 3.91. The molecule has 0 radical (unpaired) electrons. The minimum atomic E-state index is 0. The lowest BCUT2D eigenvalue weighted by Gasteiger charge is -1.94. The summed E-state index contributed by atoms with van der Waals surface area (Å²) in [5, 5.41) is 0. The quantitative estimate of drug-likeness (QED) is 0.378. The fourth-order valence-corrected chi connectivity index (χ4v) is 0.788. The van der Waals surface area contributed by atoms with Crippen LogP contribution < -0.4 is 0 Å². The Labute approximate surface area is 81.7 Å². The smallest absolute Gasteiger partial charge is 0.142 e. The van der Waals surface area contributed by atoms with Crippen LogP contribution in [0, 0.1) is 0 Å². The lowest BCUT2D eigenvalue weighted by molar-refractivity contribution is -0.104. The first-order valence-electron chi connectivity index (χ1n) is 3.91. The maximum absolute atomic E-state index is 10.0. The topological polar surface area (TPSA) is 48.6 Å². The average Bonchev–Trinajstić information content (AvgIpc) is 1.87. The van der Waals surface area contributed by atoms with E-state index in [0.29, 0.717) is 0 Å². The number of hydrogen-bond acceptors (Lipinski definition) is 1. The van der Waals surface area contributed by atoms with Gasteiger partial charge in [0.05, 0.1) is 0 Å². The van der Waals surface area contributed by atoms with Gasteiger partial charge < -0.3 is 5.48 Å². The van der Waals surface area contributed by atoms with Gasteiger partial charge in [-0.1, -0.05) is 24.6 Å². The summed E-state index contributed by atoms with van der Waals surface area (Å²) in [6.07, 6.45) is 6.68. The SMILES string of the molecule is C.CC(C)=CCCC(C)=CC=O.O. The molecule has 0 aromatic heterocycles. The van der Waals surface area contributed by atoms with Crippen molar-refractivity contribution in [2.75, 3.05) is 0 Å². The fourth-order valence-electron chi connectivity index (χ4n) is 0.788. The Kier molecular flexibility index (Phi) is 15.4. The van der Waals surface area contributed by atoms with Gasteiger partial charge in [0.1, 0.15) is 6.29 Å². The van der Waals surface area contributed by atoms with Crippen molar-refractivity contribution in [1.29, 1.82) is 0 Å². The van der Waals surface area contributed by atoms with Crippen LogP contribution in [0.5, 0.6) is 0 Å². The normalized spacial score (nSPS) is 9.31. The molecule has 0 fully saturated rings. The van der Waals surface area contributed by atoms with Gasteiger partial charge in [0, 0.05) is 0 Å². The largest absolute Gasteiger partial charge is 0.412 e. The number of carbonyl (C=O) groups excluding carboxylic acids is 1. The molecule has 13 heavy (non-hydrogen) atoms. The maximum atomic E-state index is 10.0. The lowest BCUT2D eigenvalue weighted by Crippen LogP contribution is -1.77. The molecule has 0 aliphatic rings.